The summed E-state index contributed by atoms with van der Waals surface area (Å²) in [4.78, 5) is 10.7. The van der Waals surface area contributed by atoms with Crippen molar-refractivity contribution in [2.24, 2.45) is 0 Å². The third-order valence-electron chi connectivity index (χ3n) is 3.22. The minimum atomic E-state index is -0.783. The van der Waals surface area contributed by atoms with E-state index in [0.717, 1.165) is 17.0 Å². The summed E-state index contributed by atoms with van der Waals surface area (Å²) < 4.78 is 2.01. The van der Waals surface area contributed by atoms with Gasteiger partial charge < -0.3 is 5.11 Å². The maximum absolute atomic E-state index is 10.7. The molecule has 0 unspecified atom stereocenters. The Morgan fingerprint density at radius 2 is 2.20 bits per heavy atom. The third-order valence-corrected chi connectivity index (χ3v) is 3.22. The van der Waals surface area contributed by atoms with Crippen LogP contribution in [0.15, 0.2) is 0 Å². The molecule has 0 radical (unpaired) electrons. The molecule has 82 valence electrons. The highest BCUT2D eigenvalue weighted by Crippen LogP contribution is 2.33. The number of carboxylic acid groups (broad SMARTS) is 1. The van der Waals surface area contributed by atoms with Crippen molar-refractivity contribution in [3.8, 4) is 0 Å². The summed E-state index contributed by atoms with van der Waals surface area (Å²) in [6.45, 7) is 3.86. The fourth-order valence-corrected chi connectivity index (χ4v) is 2.09. The number of aryl methyl sites for hydroxylation is 1. The van der Waals surface area contributed by atoms with Crippen LogP contribution in [0.1, 0.15) is 42.3 Å². The molecule has 0 aromatic carbocycles. The van der Waals surface area contributed by atoms with Crippen molar-refractivity contribution < 1.29 is 9.90 Å². The van der Waals surface area contributed by atoms with Gasteiger partial charge in [-0.05, 0) is 33.1 Å². The van der Waals surface area contributed by atoms with Crippen LogP contribution in [0.5, 0.6) is 0 Å². The van der Waals surface area contributed by atoms with Gasteiger partial charge in [0.05, 0.1) is 18.2 Å². The van der Waals surface area contributed by atoms with E-state index in [1.54, 1.807) is 0 Å². The molecule has 2 rings (SSSR count). The predicted octanol–water partition coefficient (Wildman–Crippen LogP) is 1.85. The number of hydrogen-bond acceptors (Lipinski definition) is 2. The van der Waals surface area contributed by atoms with Crippen molar-refractivity contribution in [3.63, 3.8) is 0 Å². The van der Waals surface area contributed by atoms with E-state index in [0.29, 0.717) is 6.04 Å². The molecule has 1 aliphatic carbocycles. The van der Waals surface area contributed by atoms with Crippen LogP contribution in [0.25, 0.3) is 0 Å². The highest BCUT2D eigenvalue weighted by Gasteiger charge is 2.24. The van der Waals surface area contributed by atoms with Gasteiger partial charge in [-0.3, -0.25) is 9.48 Å². The first-order chi connectivity index (χ1) is 7.09. The molecule has 0 atom stereocenters. The van der Waals surface area contributed by atoms with E-state index in [9.17, 15) is 4.79 Å². The van der Waals surface area contributed by atoms with Crippen LogP contribution in [0.4, 0.5) is 0 Å². The lowest BCUT2D eigenvalue weighted by molar-refractivity contribution is -0.136. The Kier molecular flexibility index (Phi) is 2.50. The number of aromatic nitrogens is 2. The molecule has 4 heteroatoms. The second kappa shape index (κ2) is 3.68. The summed E-state index contributed by atoms with van der Waals surface area (Å²) in [6, 6.07) is 0.506. The number of carbonyl (C=O) groups is 1. The zero-order valence-corrected chi connectivity index (χ0v) is 9.16. The molecular weight excluding hydrogens is 192 g/mol. The molecule has 0 amide bonds. The van der Waals surface area contributed by atoms with Crippen LogP contribution in [-0.4, -0.2) is 20.9 Å². The van der Waals surface area contributed by atoms with Crippen LogP contribution in [0, 0.1) is 13.8 Å². The van der Waals surface area contributed by atoms with E-state index < -0.39 is 5.97 Å². The normalized spacial score (nSPS) is 16.4. The molecule has 4 nitrogen and oxygen atoms in total. The molecule has 1 heterocycles. The molecule has 15 heavy (non-hydrogen) atoms. The summed E-state index contributed by atoms with van der Waals surface area (Å²) in [5.41, 5.74) is 2.77. The lowest BCUT2D eigenvalue weighted by Crippen LogP contribution is -2.19. The molecule has 1 aliphatic rings. The molecule has 1 fully saturated rings. The third kappa shape index (κ3) is 1.76. The topological polar surface area (TPSA) is 55.1 Å². The molecule has 0 saturated heterocycles. The van der Waals surface area contributed by atoms with E-state index in [1.165, 1.54) is 19.3 Å². The van der Waals surface area contributed by atoms with Gasteiger partial charge in [0.1, 0.15) is 0 Å². The lowest BCUT2D eigenvalue weighted by Gasteiger charge is -2.27. The van der Waals surface area contributed by atoms with E-state index >= 15 is 0 Å². The van der Waals surface area contributed by atoms with Crippen LogP contribution in [0.2, 0.25) is 0 Å². The van der Waals surface area contributed by atoms with Crippen molar-refractivity contribution >= 4 is 5.97 Å². The van der Waals surface area contributed by atoms with Crippen molar-refractivity contribution in [1.82, 2.24) is 9.78 Å². The molecular formula is C11H16N2O2. The van der Waals surface area contributed by atoms with Gasteiger partial charge in [-0.1, -0.05) is 0 Å². The van der Waals surface area contributed by atoms with E-state index in [-0.39, 0.29) is 6.42 Å². The van der Waals surface area contributed by atoms with Crippen molar-refractivity contribution in [3.05, 3.63) is 17.0 Å². The fraction of sp³-hybridized carbons (Fsp3) is 0.636. The quantitative estimate of drug-likeness (QED) is 0.824. The van der Waals surface area contributed by atoms with Gasteiger partial charge in [0.2, 0.25) is 0 Å². The largest absolute Gasteiger partial charge is 0.481 e. The fourth-order valence-electron chi connectivity index (χ4n) is 2.09. The maximum Gasteiger partial charge on any atom is 0.307 e. The number of nitrogens with zero attached hydrogens (tertiary/aromatic N) is 2. The zero-order chi connectivity index (χ0) is 11.0. The van der Waals surface area contributed by atoms with Crippen molar-refractivity contribution in [2.45, 2.75) is 45.6 Å². The van der Waals surface area contributed by atoms with Crippen molar-refractivity contribution in [1.29, 1.82) is 0 Å². The Morgan fingerprint density at radius 3 is 2.67 bits per heavy atom. The lowest BCUT2D eigenvalue weighted by atomic mass is 9.93. The van der Waals surface area contributed by atoms with Crippen LogP contribution in [-0.2, 0) is 11.2 Å². The Morgan fingerprint density at radius 1 is 1.53 bits per heavy atom. The zero-order valence-electron chi connectivity index (χ0n) is 9.16. The predicted molar refractivity (Wildman–Crippen MR) is 55.9 cm³/mol. The van der Waals surface area contributed by atoms with Crippen LogP contribution >= 0.6 is 0 Å². The summed E-state index contributed by atoms with van der Waals surface area (Å²) in [5.74, 6) is -0.783. The number of hydrogen-bond donors (Lipinski definition) is 1. The Bertz CT molecular complexity index is 392. The van der Waals surface area contributed by atoms with Crippen LogP contribution in [0.3, 0.4) is 0 Å². The van der Waals surface area contributed by atoms with E-state index in [4.69, 9.17) is 5.11 Å². The van der Waals surface area contributed by atoms with Gasteiger partial charge >= 0.3 is 5.97 Å². The average Bonchev–Trinajstić information content (AvgIpc) is 2.30. The molecule has 1 saturated carbocycles. The first-order valence-electron chi connectivity index (χ1n) is 5.36. The summed E-state index contributed by atoms with van der Waals surface area (Å²) in [5, 5.41) is 13.2. The van der Waals surface area contributed by atoms with Crippen LogP contribution < -0.4 is 0 Å². The van der Waals surface area contributed by atoms with Gasteiger partial charge in [-0.25, -0.2) is 0 Å². The standard InChI is InChI=1S/C11H16N2O2/c1-7-10(6-11(14)15)8(2)13(12-7)9-4-3-5-9/h9H,3-6H2,1-2H3,(H,14,15). The average molecular weight is 208 g/mol. The van der Waals surface area contributed by atoms with Gasteiger partial charge in [0.25, 0.3) is 0 Å². The van der Waals surface area contributed by atoms with Crippen molar-refractivity contribution in [2.75, 3.05) is 0 Å². The Labute approximate surface area is 88.9 Å². The molecule has 0 spiro atoms. The van der Waals surface area contributed by atoms with Gasteiger partial charge in [0.15, 0.2) is 0 Å². The number of aliphatic carboxylic acids is 1. The minimum Gasteiger partial charge on any atom is -0.481 e. The first kappa shape index (κ1) is 10.2. The molecule has 1 N–H and O–H groups in total. The smallest absolute Gasteiger partial charge is 0.307 e. The number of rotatable bonds is 3. The SMILES string of the molecule is Cc1nn(C2CCC2)c(C)c1CC(=O)O. The van der Waals surface area contributed by atoms with Gasteiger partial charge in [-0.2, -0.15) is 5.10 Å². The van der Waals surface area contributed by atoms with Gasteiger partial charge in [-0.15, -0.1) is 0 Å². The Balaban J connectivity index is 2.30. The molecule has 1 aromatic rings. The molecule has 0 bridgehead atoms. The van der Waals surface area contributed by atoms with E-state index in [2.05, 4.69) is 5.10 Å². The first-order valence-corrected chi connectivity index (χ1v) is 5.36. The highest BCUT2D eigenvalue weighted by molar-refractivity contribution is 5.70. The Hall–Kier alpha value is -1.32. The second-order valence-electron chi connectivity index (χ2n) is 4.25. The maximum atomic E-state index is 10.7. The minimum absolute atomic E-state index is 0.0877. The van der Waals surface area contributed by atoms with Gasteiger partial charge in [0, 0.05) is 11.3 Å². The molecule has 1 aromatic heterocycles. The number of carboxylic acids is 1. The monoisotopic (exact) mass is 208 g/mol. The summed E-state index contributed by atoms with van der Waals surface area (Å²) in [7, 11) is 0. The second-order valence-corrected chi connectivity index (χ2v) is 4.25. The summed E-state index contributed by atoms with van der Waals surface area (Å²) in [6.07, 6.45) is 3.70. The molecule has 0 aliphatic heterocycles. The van der Waals surface area contributed by atoms with E-state index in [1.807, 2.05) is 18.5 Å². The highest BCUT2D eigenvalue weighted by atomic mass is 16.4. The summed E-state index contributed by atoms with van der Waals surface area (Å²) >= 11 is 0.